The first kappa shape index (κ1) is 20.8. The van der Waals surface area contributed by atoms with Crippen molar-refractivity contribution in [1.82, 2.24) is 15.0 Å². The van der Waals surface area contributed by atoms with Crippen molar-refractivity contribution in [3.63, 3.8) is 0 Å². The van der Waals surface area contributed by atoms with Crippen LogP contribution in [0.3, 0.4) is 0 Å². The summed E-state index contributed by atoms with van der Waals surface area (Å²) in [5, 5.41) is 12.1. The molecule has 7 nitrogen and oxygen atoms in total. The third-order valence-electron chi connectivity index (χ3n) is 4.20. The van der Waals surface area contributed by atoms with Gasteiger partial charge in [0.2, 0.25) is 0 Å². The summed E-state index contributed by atoms with van der Waals surface area (Å²) in [7, 11) is 3.12. The number of fused-ring (bicyclic) bond motifs is 1. The third-order valence-corrected chi connectivity index (χ3v) is 5.66. The average Bonchev–Trinajstić information content (AvgIpc) is 2.72. The van der Waals surface area contributed by atoms with E-state index in [9.17, 15) is 5.21 Å². The van der Waals surface area contributed by atoms with E-state index in [-0.39, 0.29) is 0 Å². The van der Waals surface area contributed by atoms with Crippen molar-refractivity contribution in [1.29, 1.82) is 0 Å². The van der Waals surface area contributed by atoms with Gasteiger partial charge in [-0.2, -0.15) is 4.47 Å². The number of ether oxygens (including phenoxy) is 2. The number of pyridine rings is 1. The Labute approximate surface area is 176 Å². The molecule has 0 atom stereocenters. The van der Waals surface area contributed by atoms with E-state index in [0.29, 0.717) is 44.3 Å². The molecule has 0 saturated heterocycles. The average molecular weight is 439 g/mol. The highest BCUT2D eigenvalue weighted by Gasteiger charge is 2.21. The second kappa shape index (κ2) is 8.60. The molecular weight excluding hydrogens is 420 g/mol. The molecule has 1 N–H and O–H groups in total. The molecule has 148 valence electrons. The summed E-state index contributed by atoms with van der Waals surface area (Å²) in [5.74, 6) is 1.40. The summed E-state index contributed by atoms with van der Waals surface area (Å²) < 4.78 is 11.8. The number of hydrogen-bond acceptors (Lipinski definition) is 9. The van der Waals surface area contributed by atoms with Crippen molar-refractivity contribution < 1.29 is 14.7 Å². The second-order valence-electron chi connectivity index (χ2n) is 5.68. The van der Waals surface area contributed by atoms with Crippen molar-refractivity contribution in [3.05, 3.63) is 28.9 Å². The molecule has 0 spiro atoms. The second-order valence-corrected chi connectivity index (χ2v) is 7.54. The summed E-state index contributed by atoms with van der Waals surface area (Å²) >= 11 is 9.13. The van der Waals surface area contributed by atoms with Gasteiger partial charge in [-0.1, -0.05) is 23.4 Å². The van der Waals surface area contributed by atoms with Gasteiger partial charge in [0.05, 0.1) is 24.9 Å². The molecule has 3 rings (SSSR count). The highest BCUT2D eigenvalue weighted by Crippen LogP contribution is 2.43. The van der Waals surface area contributed by atoms with E-state index in [1.807, 2.05) is 19.2 Å². The molecule has 0 aliphatic carbocycles. The largest absolute Gasteiger partial charge is 0.496 e. The number of hydrogen-bond donors (Lipinski definition) is 1. The molecular formula is C18H19ClN4O3S2. The lowest BCUT2D eigenvalue weighted by Crippen LogP contribution is -2.11. The molecule has 3 aromatic rings. The summed E-state index contributed by atoms with van der Waals surface area (Å²) in [5.41, 5.74) is 2.56. The molecule has 28 heavy (non-hydrogen) atoms. The van der Waals surface area contributed by atoms with Gasteiger partial charge >= 0.3 is 0 Å². The quantitative estimate of drug-likeness (QED) is 0.251. The Morgan fingerprint density at radius 2 is 1.82 bits per heavy atom. The maximum Gasteiger partial charge on any atom is 0.192 e. The lowest BCUT2D eigenvalue weighted by molar-refractivity contribution is 0.330. The lowest BCUT2D eigenvalue weighted by Gasteiger charge is -2.18. The van der Waals surface area contributed by atoms with Crippen LogP contribution in [0.5, 0.6) is 11.5 Å². The molecule has 10 heteroatoms. The normalized spacial score (nSPS) is 11.0. The van der Waals surface area contributed by atoms with Crippen molar-refractivity contribution in [3.8, 4) is 22.8 Å². The third kappa shape index (κ3) is 3.67. The summed E-state index contributed by atoms with van der Waals surface area (Å²) in [6.07, 6.45) is 5.33. The summed E-state index contributed by atoms with van der Waals surface area (Å²) in [6.45, 7) is 1.89. The highest BCUT2D eigenvalue weighted by molar-refractivity contribution is 7.99. The number of methoxy groups -OCH3 is 2. The van der Waals surface area contributed by atoms with Crippen LogP contribution in [0.2, 0.25) is 5.02 Å². The zero-order valence-corrected chi connectivity index (χ0v) is 18.4. The Kier molecular flexibility index (Phi) is 6.39. The number of halogens is 1. The van der Waals surface area contributed by atoms with E-state index in [1.54, 1.807) is 32.7 Å². The van der Waals surface area contributed by atoms with Crippen molar-refractivity contribution in [2.45, 2.75) is 12.1 Å². The first-order valence-electron chi connectivity index (χ1n) is 8.11. The zero-order valence-electron chi connectivity index (χ0n) is 16.0. The topological polar surface area (TPSA) is 80.6 Å². The number of rotatable bonds is 6. The van der Waals surface area contributed by atoms with Crippen LogP contribution in [0.4, 0.5) is 5.82 Å². The number of nitrogens with zero attached hydrogens (tertiary/aromatic N) is 4. The standard InChI is InChI=1S/C18H19ClN4O3S2/c1-9-12(25-2)7-13(26-3)15(19)14(9)11-6-10-8-20-18(27-4)22-16(10)17(21-11)23(24)28-5/h6-8,24H,1-5H3. The minimum atomic E-state index is 0.301. The first-order valence-corrected chi connectivity index (χ1v) is 10.9. The van der Waals surface area contributed by atoms with E-state index < -0.39 is 0 Å². The SMILES string of the molecule is COc1cc(OC)c(Cl)c(-c2cc3cnc(SC)nc3c(N(O)SC)n2)c1C. The fourth-order valence-corrected chi connectivity index (χ4v) is 3.83. The van der Waals surface area contributed by atoms with E-state index >= 15 is 0 Å². The van der Waals surface area contributed by atoms with Crippen molar-refractivity contribution in [2.24, 2.45) is 0 Å². The van der Waals surface area contributed by atoms with Crippen molar-refractivity contribution in [2.75, 3.05) is 31.2 Å². The minimum Gasteiger partial charge on any atom is -0.496 e. The van der Waals surface area contributed by atoms with Crippen LogP contribution in [0.1, 0.15) is 5.56 Å². The predicted molar refractivity (Wildman–Crippen MR) is 115 cm³/mol. The molecule has 0 aliphatic heterocycles. The van der Waals surface area contributed by atoms with Gasteiger partial charge in [0.1, 0.15) is 17.0 Å². The van der Waals surface area contributed by atoms with Gasteiger partial charge in [-0.15, -0.1) is 0 Å². The number of thioether (sulfide) groups is 1. The van der Waals surface area contributed by atoms with Crippen LogP contribution in [0.25, 0.3) is 22.2 Å². The summed E-state index contributed by atoms with van der Waals surface area (Å²) in [4.78, 5) is 13.5. The molecule has 0 fully saturated rings. The minimum absolute atomic E-state index is 0.301. The Hall–Kier alpha value is -1.94. The van der Waals surface area contributed by atoms with Gasteiger partial charge in [-0.05, 0) is 31.2 Å². The van der Waals surface area contributed by atoms with Crippen LogP contribution in [0, 0.1) is 6.92 Å². The number of benzene rings is 1. The van der Waals surface area contributed by atoms with E-state index in [2.05, 4.69) is 15.0 Å². The van der Waals surface area contributed by atoms with Gasteiger partial charge in [-0.3, -0.25) is 5.21 Å². The van der Waals surface area contributed by atoms with Gasteiger partial charge in [0.15, 0.2) is 11.0 Å². The maximum atomic E-state index is 10.4. The monoisotopic (exact) mass is 438 g/mol. The Morgan fingerprint density at radius 3 is 2.43 bits per heavy atom. The highest BCUT2D eigenvalue weighted by atomic mass is 35.5. The van der Waals surface area contributed by atoms with Crippen LogP contribution in [0.15, 0.2) is 23.5 Å². The maximum absolute atomic E-state index is 10.4. The van der Waals surface area contributed by atoms with Gasteiger partial charge < -0.3 is 9.47 Å². The molecule has 0 bridgehead atoms. The predicted octanol–water partition coefficient (Wildman–Crippen LogP) is 4.87. The number of aromatic nitrogens is 3. The lowest BCUT2D eigenvalue weighted by atomic mass is 10.0. The molecule has 0 saturated carbocycles. The van der Waals surface area contributed by atoms with Crippen LogP contribution >= 0.6 is 35.3 Å². The molecule has 0 radical (unpaired) electrons. The van der Waals surface area contributed by atoms with Gasteiger partial charge in [0, 0.05) is 35.0 Å². The molecule has 1 aromatic carbocycles. The van der Waals surface area contributed by atoms with E-state index in [1.165, 1.54) is 11.8 Å². The van der Waals surface area contributed by atoms with Gasteiger partial charge in [-0.25, -0.2) is 15.0 Å². The molecule has 2 aromatic heterocycles. The smallest absolute Gasteiger partial charge is 0.192 e. The van der Waals surface area contributed by atoms with Crippen LogP contribution < -0.4 is 13.9 Å². The van der Waals surface area contributed by atoms with Crippen molar-refractivity contribution >= 4 is 52.0 Å². The zero-order chi connectivity index (χ0) is 20.4. The molecule has 0 aliphatic rings. The Balaban J connectivity index is 2.36. The fourth-order valence-electron chi connectivity index (χ4n) is 2.82. The Morgan fingerprint density at radius 1 is 1.11 bits per heavy atom. The number of anilines is 1. The van der Waals surface area contributed by atoms with E-state index in [4.69, 9.17) is 21.1 Å². The molecule has 0 amide bonds. The summed E-state index contributed by atoms with van der Waals surface area (Å²) in [6, 6.07) is 3.57. The van der Waals surface area contributed by atoms with E-state index in [0.717, 1.165) is 27.4 Å². The van der Waals surface area contributed by atoms with Crippen LogP contribution in [-0.2, 0) is 0 Å². The van der Waals surface area contributed by atoms with Gasteiger partial charge in [0.25, 0.3) is 0 Å². The molecule has 2 heterocycles. The first-order chi connectivity index (χ1) is 13.4. The fraction of sp³-hybridized carbons (Fsp3) is 0.278. The molecule has 0 unspecified atom stereocenters. The Bertz CT molecular complexity index is 1010. The van der Waals surface area contributed by atoms with Crippen LogP contribution in [-0.4, -0.2) is 46.9 Å².